The summed E-state index contributed by atoms with van der Waals surface area (Å²) in [5, 5.41) is 3.09. The van der Waals surface area contributed by atoms with Crippen molar-refractivity contribution < 1.29 is 9.13 Å². The summed E-state index contributed by atoms with van der Waals surface area (Å²) < 4.78 is 18.7. The minimum atomic E-state index is -0.250. The van der Waals surface area contributed by atoms with E-state index in [1.54, 1.807) is 12.1 Å². The number of methoxy groups -OCH3 is 1. The van der Waals surface area contributed by atoms with Gasteiger partial charge in [0.2, 0.25) is 0 Å². The fourth-order valence-electron chi connectivity index (χ4n) is 1.63. The lowest BCUT2D eigenvalue weighted by atomic mass is 10.00. The third kappa shape index (κ3) is 3.07. The maximum absolute atomic E-state index is 13.8. The van der Waals surface area contributed by atoms with E-state index in [9.17, 15) is 4.39 Å². The van der Waals surface area contributed by atoms with Crippen molar-refractivity contribution in [3.8, 4) is 5.75 Å². The van der Waals surface area contributed by atoms with Gasteiger partial charge in [0.15, 0.2) is 0 Å². The van der Waals surface area contributed by atoms with E-state index < -0.39 is 0 Å². The SMILES string of the molecule is C=C(C)CC(NC)c1ccc(OC)cc1F. The summed E-state index contributed by atoms with van der Waals surface area (Å²) in [5.41, 5.74) is 1.67. The van der Waals surface area contributed by atoms with Gasteiger partial charge in [-0.25, -0.2) is 4.39 Å². The summed E-state index contributed by atoms with van der Waals surface area (Å²) in [6.45, 7) is 5.78. The molecule has 1 aromatic rings. The molecule has 1 unspecified atom stereocenters. The van der Waals surface area contributed by atoms with Crippen molar-refractivity contribution in [1.29, 1.82) is 0 Å². The molecule has 16 heavy (non-hydrogen) atoms. The fraction of sp³-hybridized carbons (Fsp3) is 0.385. The molecular formula is C13H18FNO. The monoisotopic (exact) mass is 223 g/mol. The first kappa shape index (κ1) is 12.7. The highest BCUT2D eigenvalue weighted by molar-refractivity contribution is 5.31. The second-order valence-corrected chi connectivity index (χ2v) is 3.89. The largest absolute Gasteiger partial charge is 0.497 e. The van der Waals surface area contributed by atoms with Gasteiger partial charge < -0.3 is 10.1 Å². The van der Waals surface area contributed by atoms with Crippen LogP contribution in [0, 0.1) is 5.82 Å². The zero-order chi connectivity index (χ0) is 12.1. The first-order chi connectivity index (χ1) is 7.58. The number of benzene rings is 1. The van der Waals surface area contributed by atoms with Crippen LogP contribution < -0.4 is 10.1 Å². The van der Waals surface area contributed by atoms with Crippen LogP contribution in [0.4, 0.5) is 4.39 Å². The maximum atomic E-state index is 13.8. The van der Waals surface area contributed by atoms with Gasteiger partial charge >= 0.3 is 0 Å². The fourth-order valence-corrected chi connectivity index (χ4v) is 1.63. The Hall–Kier alpha value is -1.35. The number of ether oxygens (including phenoxy) is 1. The molecule has 0 saturated carbocycles. The van der Waals surface area contributed by atoms with Gasteiger partial charge in [-0.3, -0.25) is 0 Å². The summed E-state index contributed by atoms with van der Waals surface area (Å²) in [6.07, 6.45) is 0.722. The quantitative estimate of drug-likeness (QED) is 0.775. The number of hydrogen-bond donors (Lipinski definition) is 1. The Morgan fingerprint density at radius 3 is 2.69 bits per heavy atom. The van der Waals surface area contributed by atoms with E-state index in [1.165, 1.54) is 13.2 Å². The summed E-state index contributed by atoms with van der Waals surface area (Å²) in [7, 11) is 3.34. The number of nitrogens with one attached hydrogen (secondary N) is 1. The average Bonchev–Trinajstić information content (AvgIpc) is 2.25. The first-order valence-corrected chi connectivity index (χ1v) is 5.23. The zero-order valence-electron chi connectivity index (χ0n) is 10.0. The molecule has 0 fully saturated rings. The molecule has 0 bridgehead atoms. The van der Waals surface area contributed by atoms with Crippen molar-refractivity contribution in [2.45, 2.75) is 19.4 Å². The Bertz CT molecular complexity index is 376. The van der Waals surface area contributed by atoms with Crippen molar-refractivity contribution in [2.75, 3.05) is 14.2 Å². The first-order valence-electron chi connectivity index (χ1n) is 5.23. The Morgan fingerprint density at radius 2 is 2.25 bits per heavy atom. The summed E-state index contributed by atoms with van der Waals surface area (Å²) in [4.78, 5) is 0. The van der Waals surface area contributed by atoms with E-state index >= 15 is 0 Å². The van der Waals surface area contributed by atoms with E-state index in [1.807, 2.05) is 14.0 Å². The highest BCUT2D eigenvalue weighted by atomic mass is 19.1. The van der Waals surface area contributed by atoms with Crippen molar-refractivity contribution in [3.05, 3.63) is 41.7 Å². The normalized spacial score (nSPS) is 12.2. The molecule has 0 heterocycles. The second-order valence-electron chi connectivity index (χ2n) is 3.89. The summed E-state index contributed by atoms with van der Waals surface area (Å²) >= 11 is 0. The van der Waals surface area contributed by atoms with Gasteiger partial charge in [-0.05, 0) is 26.5 Å². The lowest BCUT2D eigenvalue weighted by molar-refractivity contribution is 0.409. The molecule has 1 atom stereocenters. The predicted molar refractivity (Wildman–Crippen MR) is 64.2 cm³/mol. The van der Waals surface area contributed by atoms with Gasteiger partial charge in [0.1, 0.15) is 11.6 Å². The van der Waals surface area contributed by atoms with E-state index in [2.05, 4.69) is 11.9 Å². The number of halogens is 1. The Kier molecular flexibility index (Phi) is 4.50. The van der Waals surface area contributed by atoms with Crippen LogP contribution in [-0.2, 0) is 0 Å². The van der Waals surface area contributed by atoms with Crippen molar-refractivity contribution in [3.63, 3.8) is 0 Å². The molecule has 0 aliphatic carbocycles. The molecule has 0 aromatic heterocycles. The molecule has 0 aliphatic heterocycles. The van der Waals surface area contributed by atoms with Crippen LogP contribution in [0.2, 0.25) is 0 Å². The highest BCUT2D eigenvalue weighted by Gasteiger charge is 2.14. The second kappa shape index (κ2) is 5.66. The molecule has 1 N–H and O–H groups in total. The molecule has 2 nitrogen and oxygen atoms in total. The number of rotatable bonds is 5. The van der Waals surface area contributed by atoms with Crippen LogP contribution in [0.5, 0.6) is 5.75 Å². The van der Waals surface area contributed by atoms with Crippen molar-refractivity contribution >= 4 is 0 Å². The van der Waals surface area contributed by atoms with Crippen LogP contribution in [0.25, 0.3) is 0 Å². The Labute approximate surface area is 96.1 Å². The van der Waals surface area contributed by atoms with Crippen LogP contribution >= 0.6 is 0 Å². The standard InChI is InChI=1S/C13H18FNO/c1-9(2)7-13(15-3)11-6-5-10(16-4)8-12(11)14/h5-6,8,13,15H,1,7H2,2-4H3. The average molecular weight is 223 g/mol. The van der Waals surface area contributed by atoms with Crippen molar-refractivity contribution in [2.24, 2.45) is 0 Å². The van der Waals surface area contributed by atoms with Gasteiger partial charge in [0.25, 0.3) is 0 Å². The topological polar surface area (TPSA) is 21.3 Å². The van der Waals surface area contributed by atoms with Gasteiger partial charge in [0.05, 0.1) is 7.11 Å². The third-order valence-corrected chi connectivity index (χ3v) is 2.48. The van der Waals surface area contributed by atoms with Crippen molar-refractivity contribution in [1.82, 2.24) is 5.32 Å². The molecule has 0 radical (unpaired) electrons. The Morgan fingerprint density at radius 1 is 1.56 bits per heavy atom. The van der Waals surface area contributed by atoms with E-state index in [0.29, 0.717) is 11.3 Å². The molecule has 3 heteroatoms. The van der Waals surface area contributed by atoms with Gasteiger partial charge in [-0.15, -0.1) is 6.58 Å². The lowest BCUT2D eigenvalue weighted by Crippen LogP contribution is -2.17. The van der Waals surface area contributed by atoms with Crippen LogP contribution in [-0.4, -0.2) is 14.2 Å². The van der Waals surface area contributed by atoms with Gasteiger partial charge in [-0.1, -0.05) is 11.6 Å². The predicted octanol–water partition coefficient (Wildman–Crippen LogP) is 3.06. The Balaban J connectivity index is 2.96. The molecule has 1 rings (SSSR count). The molecule has 88 valence electrons. The third-order valence-electron chi connectivity index (χ3n) is 2.48. The summed E-state index contributed by atoms with van der Waals surface area (Å²) in [5.74, 6) is 0.284. The molecule has 0 amide bonds. The smallest absolute Gasteiger partial charge is 0.131 e. The van der Waals surface area contributed by atoms with Gasteiger partial charge in [0, 0.05) is 17.7 Å². The molecule has 0 saturated heterocycles. The molecular weight excluding hydrogens is 205 g/mol. The number of hydrogen-bond acceptors (Lipinski definition) is 2. The van der Waals surface area contributed by atoms with Crippen LogP contribution in [0.15, 0.2) is 30.4 Å². The highest BCUT2D eigenvalue weighted by Crippen LogP contribution is 2.25. The maximum Gasteiger partial charge on any atom is 0.131 e. The van der Waals surface area contributed by atoms with E-state index in [0.717, 1.165) is 12.0 Å². The minimum absolute atomic E-state index is 0.0385. The minimum Gasteiger partial charge on any atom is -0.497 e. The summed E-state index contributed by atoms with van der Waals surface area (Å²) in [6, 6.07) is 4.88. The van der Waals surface area contributed by atoms with Crippen LogP contribution in [0.1, 0.15) is 24.9 Å². The van der Waals surface area contributed by atoms with Gasteiger partial charge in [-0.2, -0.15) is 0 Å². The molecule has 0 spiro atoms. The zero-order valence-corrected chi connectivity index (χ0v) is 10.0. The van der Waals surface area contributed by atoms with E-state index in [-0.39, 0.29) is 11.9 Å². The van der Waals surface area contributed by atoms with Crippen LogP contribution in [0.3, 0.4) is 0 Å². The molecule has 0 aliphatic rings. The lowest BCUT2D eigenvalue weighted by Gasteiger charge is -2.17. The molecule has 1 aromatic carbocycles. The van der Waals surface area contributed by atoms with E-state index in [4.69, 9.17) is 4.74 Å².